The van der Waals surface area contributed by atoms with E-state index in [1.165, 1.54) is 70.6 Å². The molecule has 0 heterocycles. The minimum Gasteiger partial charge on any atom is -0.545 e. The number of carbonyl (C=O) groups is 3. The Morgan fingerprint density at radius 2 is 0.593 bits per heavy atom. The summed E-state index contributed by atoms with van der Waals surface area (Å²) >= 11 is 0. The molecule has 2 unspecified atom stereocenters. The Bertz CT molecular complexity index is 2150. The van der Waals surface area contributed by atoms with Gasteiger partial charge in [0, 0.05) is 12.8 Å². The molecule has 0 saturated heterocycles. The van der Waals surface area contributed by atoms with Gasteiger partial charge in [0.15, 0.2) is 12.4 Å². The molecule has 0 bridgehead atoms. The van der Waals surface area contributed by atoms with E-state index >= 15 is 0 Å². The third-order valence-electron chi connectivity index (χ3n) is 14.6. The Labute approximate surface area is 558 Å². The van der Waals surface area contributed by atoms with Gasteiger partial charge in [-0.2, -0.15) is 0 Å². The molecule has 0 radical (unpaired) electrons. The van der Waals surface area contributed by atoms with Gasteiger partial charge in [-0.05, 0) is 135 Å². The maximum Gasteiger partial charge on any atom is 0.306 e. The summed E-state index contributed by atoms with van der Waals surface area (Å²) in [5, 5.41) is 11.8. The Balaban J connectivity index is 4.20. The number of carboxylic acid groups (broad SMARTS) is 1. The summed E-state index contributed by atoms with van der Waals surface area (Å²) in [5.41, 5.74) is 0. The first-order valence-corrected chi connectivity index (χ1v) is 35.9. The third-order valence-corrected chi connectivity index (χ3v) is 14.6. The predicted octanol–water partition coefficient (Wildman–Crippen LogP) is 21.5. The van der Waals surface area contributed by atoms with Crippen LogP contribution >= 0.6 is 0 Å². The number of rotatable bonds is 64. The molecule has 2 atom stereocenters. The molecule has 9 heteroatoms. The molecule has 91 heavy (non-hydrogen) atoms. The summed E-state index contributed by atoms with van der Waals surface area (Å²) in [4.78, 5) is 37.5. The fourth-order valence-electron chi connectivity index (χ4n) is 9.24. The van der Waals surface area contributed by atoms with Crippen LogP contribution in [0.5, 0.6) is 0 Å². The molecule has 0 fully saturated rings. The van der Waals surface area contributed by atoms with E-state index in [1.54, 1.807) is 0 Å². The van der Waals surface area contributed by atoms with Crippen molar-refractivity contribution in [2.45, 2.75) is 270 Å². The second kappa shape index (κ2) is 70.3. The molecule has 0 aromatic carbocycles. The summed E-state index contributed by atoms with van der Waals surface area (Å²) in [6, 6.07) is 0. The van der Waals surface area contributed by atoms with Crippen molar-refractivity contribution in [3.05, 3.63) is 182 Å². The minimum atomic E-state index is -1.64. The molecule has 0 amide bonds. The second-order valence-electron chi connectivity index (χ2n) is 24.4. The molecular weight excluding hydrogens is 1130 g/mol. The van der Waals surface area contributed by atoms with Gasteiger partial charge < -0.3 is 33.3 Å². The largest absolute Gasteiger partial charge is 0.545 e. The normalized spacial score (nSPS) is 13.8. The number of quaternary nitrogens is 1. The zero-order valence-corrected chi connectivity index (χ0v) is 58.4. The minimum absolute atomic E-state index is 0.136. The van der Waals surface area contributed by atoms with E-state index in [-0.39, 0.29) is 38.6 Å². The molecule has 0 saturated carbocycles. The number of aliphatic carboxylic acids is 1. The lowest BCUT2D eigenvalue weighted by atomic mass is 10.1. The van der Waals surface area contributed by atoms with Crippen molar-refractivity contribution in [2.75, 3.05) is 47.5 Å². The van der Waals surface area contributed by atoms with E-state index in [0.29, 0.717) is 17.4 Å². The lowest BCUT2D eigenvalue weighted by Crippen LogP contribution is -2.44. The monoisotopic (exact) mass is 1260 g/mol. The highest BCUT2D eigenvalue weighted by Crippen LogP contribution is 2.16. The first-order valence-electron chi connectivity index (χ1n) is 35.9. The SMILES string of the molecule is CC/C=C\C/C=C\C/C=C\C/C=C\C/C=C\C/C=C\C/C=C\C/C=C\C/C=C\CCCCCCCCCCCC(=O)OC(COC(=O)CCCCCCCCCCCC/C=C\C/C=C\C/C=C\C/C=C\C/C=C\C/C=C\CC)COC(OCC[N+](C)(C)C)C(=O)[O-]. The number of allylic oxidation sites excluding steroid dienone is 30. The lowest BCUT2D eigenvalue weighted by Gasteiger charge is -2.26. The van der Waals surface area contributed by atoms with Crippen molar-refractivity contribution >= 4 is 17.9 Å². The molecular formula is C82H131NO8. The van der Waals surface area contributed by atoms with E-state index in [9.17, 15) is 19.5 Å². The van der Waals surface area contributed by atoms with E-state index in [4.69, 9.17) is 18.9 Å². The Kier molecular flexibility index (Phi) is 65.9. The van der Waals surface area contributed by atoms with Crippen LogP contribution in [0, 0.1) is 0 Å². The van der Waals surface area contributed by atoms with Crippen molar-refractivity contribution in [3.8, 4) is 0 Å². The average Bonchev–Trinajstić information content (AvgIpc) is 3.50. The van der Waals surface area contributed by atoms with E-state index in [2.05, 4.69) is 196 Å². The van der Waals surface area contributed by atoms with E-state index < -0.39 is 24.3 Å². The topological polar surface area (TPSA) is 111 Å². The first-order chi connectivity index (χ1) is 44.6. The number of hydrogen-bond donors (Lipinski definition) is 0. The molecule has 512 valence electrons. The summed E-state index contributed by atoms with van der Waals surface area (Å²) in [7, 11) is 5.92. The number of carboxylic acids is 1. The van der Waals surface area contributed by atoms with Gasteiger partial charge in [-0.3, -0.25) is 9.59 Å². The van der Waals surface area contributed by atoms with Crippen molar-refractivity contribution in [1.29, 1.82) is 0 Å². The highest BCUT2D eigenvalue weighted by atomic mass is 16.7. The summed E-state index contributed by atoms with van der Waals surface area (Å²) < 4.78 is 22.8. The van der Waals surface area contributed by atoms with E-state index in [1.807, 2.05) is 21.1 Å². The molecule has 0 aromatic rings. The third kappa shape index (κ3) is 71.7. The first kappa shape index (κ1) is 85.4. The number of ether oxygens (including phenoxy) is 4. The second-order valence-corrected chi connectivity index (χ2v) is 24.4. The highest BCUT2D eigenvalue weighted by molar-refractivity contribution is 5.70. The van der Waals surface area contributed by atoms with Gasteiger partial charge in [-0.25, -0.2) is 0 Å². The lowest BCUT2D eigenvalue weighted by molar-refractivity contribution is -0.870. The van der Waals surface area contributed by atoms with Crippen LogP contribution in [-0.2, 0) is 33.3 Å². The summed E-state index contributed by atoms with van der Waals surface area (Å²) in [5.74, 6) is -2.31. The van der Waals surface area contributed by atoms with Crippen LogP contribution in [0.15, 0.2) is 182 Å². The molecule has 0 aliphatic rings. The number of nitrogens with zero attached hydrogens (tertiary/aromatic N) is 1. The number of esters is 2. The smallest absolute Gasteiger partial charge is 0.306 e. The van der Waals surface area contributed by atoms with Crippen LogP contribution in [0.4, 0.5) is 0 Å². The summed E-state index contributed by atoms with van der Waals surface area (Å²) in [6.45, 7) is 4.49. The molecule has 0 spiro atoms. The van der Waals surface area contributed by atoms with E-state index in [0.717, 1.165) is 154 Å². The van der Waals surface area contributed by atoms with Crippen LogP contribution in [0.3, 0.4) is 0 Å². The zero-order chi connectivity index (χ0) is 66.1. The van der Waals surface area contributed by atoms with Crippen molar-refractivity contribution < 1.29 is 42.9 Å². The van der Waals surface area contributed by atoms with Crippen molar-refractivity contribution in [3.63, 3.8) is 0 Å². The number of likely N-dealkylation sites (N-methyl/N-ethyl adjacent to an activating group) is 1. The van der Waals surface area contributed by atoms with Gasteiger partial charge in [-0.15, -0.1) is 0 Å². The quantitative estimate of drug-likeness (QED) is 0.0195. The van der Waals surface area contributed by atoms with Crippen LogP contribution in [0.1, 0.15) is 258 Å². The van der Waals surface area contributed by atoms with Gasteiger partial charge in [-0.1, -0.05) is 292 Å². The van der Waals surface area contributed by atoms with Gasteiger partial charge in [0.1, 0.15) is 13.2 Å². The Hall–Kier alpha value is -5.61. The molecule has 0 rings (SSSR count). The number of unbranched alkanes of at least 4 members (excludes halogenated alkanes) is 19. The van der Waals surface area contributed by atoms with Crippen LogP contribution in [0.2, 0.25) is 0 Å². The highest BCUT2D eigenvalue weighted by Gasteiger charge is 2.22. The molecule has 9 nitrogen and oxygen atoms in total. The maximum atomic E-state index is 12.9. The Morgan fingerprint density at radius 1 is 0.330 bits per heavy atom. The molecule has 0 N–H and O–H groups in total. The van der Waals surface area contributed by atoms with Gasteiger partial charge in [0.25, 0.3) is 0 Å². The van der Waals surface area contributed by atoms with Gasteiger partial charge >= 0.3 is 11.9 Å². The zero-order valence-electron chi connectivity index (χ0n) is 58.4. The molecule has 0 aliphatic heterocycles. The molecule has 0 aliphatic carbocycles. The standard InChI is InChI=1S/C82H131NO8/c1-6-8-10-12-14-16-18-20-22-24-26-28-30-32-34-36-37-38-39-40-41-42-43-45-47-49-51-53-55-57-59-61-63-65-67-69-71-73-80(85)91-78(77-90-82(81(86)87)88-75-74-83(3,4)5)76-89-79(84)72-70-68-66-64-62-60-58-56-54-52-50-48-46-44-35-33-31-29-27-25-23-21-19-17-15-13-11-9-7-2/h8-11,14-17,20-23,26-29,32-35,37-38,40-41,43,45-46,48-49,51,78,82H,6-7,12-13,18-19,24-25,30-31,36,39,42,44,47,50,52-77H2,1-5H3/b10-8-,11-9-,16-14-,17-15-,22-20-,23-21-,28-26-,29-27-,34-32-,35-33-,38-37-,41-40-,45-43-,48-46-,51-49-. The van der Waals surface area contributed by atoms with Crippen LogP contribution in [0.25, 0.3) is 0 Å². The van der Waals surface area contributed by atoms with Crippen molar-refractivity contribution in [1.82, 2.24) is 0 Å². The van der Waals surface area contributed by atoms with Crippen LogP contribution < -0.4 is 5.11 Å². The van der Waals surface area contributed by atoms with Crippen LogP contribution in [-0.4, -0.2) is 82.3 Å². The number of carbonyl (C=O) groups excluding carboxylic acids is 3. The fraction of sp³-hybridized carbons (Fsp3) is 0.598. The summed E-state index contributed by atoms with van der Waals surface area (Å²) in [6.07, 6.45) is 104. The maximum absolute atomic E-state index is 12.9. The average molecular weight is 1260 g/mol. The Morgan fingerprint density at radius 3 is 0.879 bits per heavy atom. The van der Waals surface area contributed by atoms with Gasteiger partial charge in [0.05, 0.1) is 40.3 Å². The fourth-order valence-corrected chi connectivity index (χ4v) is 9.24. The van der Waals surface area contributed by atoms with Crippen molar-refractivity contribution in [2.24, 2.45) is 0 Å². The molecule has 0 aromatic heterocycles. The van der Waals surface area contributed by atoms with Gasteiger partial charge in [0.2, 0.25) is 0 Å². The number of hydrogen-bond acceptors (Lipinski definition) is 8. The predicted molar refractivity (Wildman–Crippen MR) is 388 cm³/mol.